The number of Topliss-reactive ketones (excluding diaryl/α,β-unsaturated/α-hetero) is 1. The predicted molar refractivity (Wildman–Crippen MR) is 49.9 cm³/mol. The minimum Gasteiger partial charge on any atom is -0.393 e. The molecule has 0 aliphatic carbocycles. The molecule has 0 amide bonds. The number of carbonyl (C=O) groups excluding carboxylic acids is 1. The fraction of sp³-hybridized carbons (Fsp3) is 0.900. The number of aliphatic hydroxyl groups excluding tert-OH is 1. The molecule has 0 aromatic heterocycles. The molecule has 2 unspecified atom stereocenters. The number of rotatable bonds is 5. The first-order chi connectivity index (χ1) is 5.49. The molecular formula is C10H20O2. The van der Waals surface area contributed by atoms with Crippen LogP contribution in [0.15, 0.2) is 0 Å². The molecule has 0 rings (SSSR count). The number of hydrogen-bond donors (Lipinski definition) is 1. The van der Waals surface area contributed by atoms with Crippen LogP contribution in [-0.4, -0.2) is 17.0 Å². The Kier molecular flexibility index (Phi) is 5.14. The molecule has 2 nitrogen and oxygen atoms in total. The number of ketones is 1. The normalized spacial score (nSPS) is 16.2. The Hall–Kier alpha value is -0.370. The van der Waals surface area contributed by atoms with Crippen molar-refractivity contribution in [1.29, 1.82) is 0 Å². The van der Waals surface area contributed by atoms with Crippen molar-refractivity contribution in [3.8, 4) is 0 Å². The Balaban J connectivity index is 4.05. The minimum atomic E-state index is -0.318. The van der Waals surface area contributed by atoms with Gasteiger partial charge in [0, 0.05) is 5.92 Å². The van der Waals surface area contributed by atoms with Gasteiger partial charge in [-0.3, -0.25) is 4.79 Å². The minimum absolute atomic E-state index is 0.0277. The van der Waals surface area contributed by atoms with Gasteiger partial charge in [-0.1, -0.05) is 20.8 Å². The SMILES string of the molecule is CCC(O)CC(C(C)=O)C(C)C. The molecule has 0 spiro atoms. The lowest BCUT2D eigenvalue weighted by atomic mass is 9.86. The van der Waals surface area contributed by atoms with Gasteiger partial charge >= 0.3 is 0 Å². The van der Waals surface area contributed by atoms with E-state index in [9.17, 15) is 9.90 Å². The van der Waals surface area contributed by atoms with Gasteiger partial charge in [0.05, 0.1) is 6.10 Å². The zero-order chi connectivity index (χ0) is 9.72. The summed E-state index contributed by atoms with van der Waals surface area (Å²) in [5.41, 5.74) is 0. The van der Waals surface area contributed by atoms with E-state index < -0.39 is 0 Å². The molecule has 0 aliphatic heterocycles. The fourth-order valence-electron chi connectivity index (χ4n) is 1.37. The lowest BCUT2D eigenvalue weighted by Gasteiger charge is -2.20. The molecule has 0 fully saturated rings. The third-order valence-electron chi connectivity index (χ3n) is 2.32. The molecule has 0 saturated carbocycles. The topological polar surface area (TPSA) is 37.3 Å². The third kappa shape index (κ3) is 3.86. The van der Waals surface area contributed by atoms with Crippen molar-refractivity contribution in [2.75, 3.05) is 0 Å². The van der Waals surface area contributed by atoms with Crippen LogP contribution in [-0.2, 0) is 4.79 Å². The van der Waals surface area contributed by atoms with E-state index in [2.05, 4.69) is 0 Å². The van der Waals surface area contributed by atoms with E-state index in [-0.39, 0.29) is 17.8 Å². The van der Waals surface area contributed by atoms with Crippen LogP contribution in [0, 0.1) is 11.8 Å². The Labute approximate surface area is 75.0 Å². The number of carbonyl (C=O) groups is 1. The van der Waals surface area contributed by atoms with Crippen molar-refractivity contribution < 1.29 is 9.90 Å². The molecule has 0 bridgehead atoms. The summed E-state index contributed by atoms with van der Waals surface area (Å²) in [6.45, 7) is 7.58. The predicted octanol–water partition coefficient (Wildman–Crippen LogP) is 2.01. The molecule has 1 N–H and O–H groups in total. The van der Waals surface area contributed by atoms with Crippen molar-refractivity contribution >= 4 is 5.78 Å². The second-order valence-corrected chi connectivity index (χ2v) is 3.76. The highest BCUT2D eigenvalue weighted by atomic mass is 16.3. The summed E-state index contributed by atoms with van der Waals surface area (Å²) in [4.78, 5) is 11.1. The molecule has 0 saturated heterocycles. The van der Waals surface area contributed by atoms with Crippen LogP contribution < -0.4 is 0 Å². The van der Waals surface area contributed by atoms with Crippen LogP contribution in [0.25, 0.3) is 0 Å². The summed E-state index contributed by atoms with van der Waals surface area (Å²) in [5, 5.41) is 9.37. The van der Waals surface area contributed by atoms with E-state index in [0.29, 0.717) is 12.3 Å². The van der Waals surface area contributed by atoms with E-state index in [1.807, 2.05) is 20.8 Å². The quantitative estimate of drug-likeness (QED) is 0.688. The van der Waals surface area contributed by atoms with Crippen LogP contribution in [0.1, 0.15) is 40.5 Å². The summed E-state index contributed by atoms with van der Waals surface area (Å²) in [6.07, 6.45) is 1.03. The zero-order valence-corrected chi connectivity index (χ0v) is 8.50. The molecule has 0 aromatic rings. The Morgan fingerprint density at radius 2 is 1.92 bits per heavy atom. The van der Waals surface area contributed by atoms with E-state index in [0.717, 1.165) is 6.42 Å². The molecule has 0 aromatic carbocycles. The van der Waals surface area contributed by atoms with Crippen molar-refractivity contribution in [3.63, 3.8) is 0 Å². The second kappa shape index (κ2) is 5.31. The van der Waals surface area contributed by atoms with Gasteiger partial charge in [-0.25, -0.2) is 0 Å². The zero-order valence-electron chi connectivity index (χ0n) is 8.50. The Morgan fingerprint density at radius 1 is 1.42 bits per heavy atom. The largest absolute Gasteiger partial charge is 0.393 e. The van der Waals surface area contributed by atoms with E-state index in [1.165, 1.54) is 0 Å². The average Bonchev–Trinajstić information content (AvgIpc) is 1.98. The van der Waals surface area contributed by atoms with Gasteiger partial charge in [0.25, 0.3) is 0 Å². The van der Waals surface area contributed by atoms with Crippen molar-refractivity contribution in [3.05, 3.63) is 0 Å². The summed E-state index contributed by atoms with van der Waals surface area (Å²) in [6, 6.07) is 0. The summed E-state index contributed by atoms with van der Waals surface area (Å²) >= 11 is 0. The van der Waals surface area contributed by atoms with E-state index >= 15 is 0 Å². The lowest BCUT2D eigenvalue weighted by Crippen LogP contribution is -2.23. The molecule has 0 aliphatic rings. The standard InChI is InChI=1S/C10H20O2/c1-5-9(12)6-10(7(2)3)8(4)11/h7,9-10,12H,5-6H2,1-4H3. The smallest absolute Gasteiger partial charge is 0.133 e. The highest BCUT2D eigenvalue weighted by Crippen LogP contribution is 2.19. The maximum Gasteiger partial charge on any atom is 0.133 e. The van der Waals surface area contributed by atoms with Crippen LogP contribution in [0.2, 0.25) is 0 Å². The molecule has 12 heavy (non-hydrogen) atoms. The number of hydrogen-bond acceptors (Lipinski definition) is 2. The number of aliphatic hydroxyl groups is 1. The molecule has 2 atom stereocenters. The van der Waals surface area contributed by atoms with Gasteiger partial charge in [-0.15, -0.1) is 0 Å². The first kappa shape index (κ1) is 11.6. The van der Waals surface area contributed by atoms with Gasteiger partial charge < -0.3 is 5.11 Å². The van der Waals surface area contributed by atoms with Crippen LogP contribution in [0.4, 0.5) is 0 Å². The molecule has 72 valence electrons. The van der Waals surface area contributed by atoms with Crippen molar-refractivity contribution in [1.82, 2.24) is 0 Å². The third-order valence-corrected chi connectivity index (χ3v) is 2.32. The summed E-state index contributed by atoms with van der Waals surface area (Å²) in [7, 11) is 0. The molecule has 0 radical (unpaired) electrons. The molecule has 2 heteroatoms. The van der Waals surface area contributed by atoms with Gasteiger partial charge in [0.1, 0.15) is 5.78 Å². The first-order valence-electron chi connectivity index (χ1n) is 4.67. The Morgan fingerprint density at radius 3 is 2.17 bits per heavy atom. The van der Waals surface area contributed by atoms with Gasteiger partial charge in [0.15, 0.2) is 0 Å². The molecule has 0 heterocycles. The van der Waals surface area contributed by atoms with Crippen LogP contribution in [0.3, 0.4) is 0 Å². The first-order valence-corrected chi connectivity index (χ1v) is 4.67. The van der Waals surface area contributed by atoms with Crippen molar-refractivity contribution in [2.24, 2.45) is 11.8 Å². The highest BCUT2D eigenvalue weighted by Gasteiger charge is 2.20. The van der Waals surface area contributed by atoms with Crippen LogP contribution in [0.5, 0.6) is 0 Å². The maximum atomic E-state index is 11.1. The lowest BCUT2D eigenvalue weighted by molar-refractivity contribution is -0.123. The summed E-state index contributed by atoms with van der Waals surface area (Å²) < 4.78 is 0. The van der Waals surface area contributed by atoms with E-state index in [1.54, 1.807) is 6.92 Å². The summed E-state index contributed by atoms with van der Waals surface area (Å²) in [5.74, 6) is 0.557. The van der Waals surface area contributed by atoms with Gasteiger partial charge in [-0.05, 0) is 25.7 Å². The highest BCUT2D eigenvalue weighted by molar-refractivity contribution is 5.78. The second-order valence-electron chi connectivity index (χ2n) is 3.76. The monoisotopic (exact) mass is 172 g/mol. The van der Waals surface area contributed by atoms with Gasteiger partial charge in [-0.2, -0.15) is 0 Å². The maximum absolute atomic E-state index is 11.1. The van der Waals surface area contributed by atoms with E-state index in [4.69, 9.17) is 0 Å². The van der Waals surface area contributed by atoms with Gasteiger partial charge in [0.2, 0.25) is 0 Å². The van der Waals surface area contributed by atoms with Crippen molar-refractivity contribution in [2.45, 2.75) is 46.6 Å². The van der Waals surface area contributed by atoms with Crippen LogP contribution >= 0.6 is 0 Å². The molecular weight excluding hydrogens is 152 g/mol. The fourth-order valence-corrected chi connectivity index (χ4v) is 1.37. The average molecular weight is 172 g/mol. The Bertz CT molecular complexity index is 141.